The summed E-state index contributed by atoms with van der Waals surface area (Å²) in [6.07, 6.45) is -0.0204. The zero-order valence-corrected chi connectivity index (χ0v) is 21.1. The van der Waals surface area contributed by atoms with Gasteiger partial charge in [0.25, 0.3) is 5.56 Å². The minimum atomic E-state index is -0.938. The molecule has 8 heteroatoms. The van der Waals surface area contributed by atoms with Crippen molar-refractivity contribution in [2.45, 2.75) is 37.1 Å². The van der Waals surface area contributed by atoms with Gasteiger partial charge < -0.3 is 18.9 Å². The van der Waals surface area contributed by atoms with E-state index >= 15 is 0 Å². The number of fused-ring (bicyclic) bond motifs is 1. The summed E-state index contributed by atoms with van der Waals surface area (Å²) in [5, 5.41) is 0. The number of methoxy groups -OCH3 is 1. The minimum absolute atomic E-state index is 0.209. The molecule has 0 amide bonds. The largest absolute Gasteiger partial charge is 0.497 e. The second-order valence-electron chi connectivity index (χ2n) is 9.56. The number of aryl methyl sites for hydroxylation is 1. The van der Waals surface area contributed by atoms with Gasteiger partial charge in [-0.1, -0.05) is 72.8 Å². The van der Waals surface area contributed by atoms with Crippen LogP contribution in [0.5, 0.6) is 5.75 Å². The summed E-state index contributed by atoms with van der Waals surface area (Å²) in [6.45, 7) is 1.86. The predicted octanol–water partition coefficient (Wildman–Crippen LogP) is 3.53. The van der Waals surface area contributed by atoms with Crippen LogP contribution in [0, 0.1) is 6.92 Å². The van der Waals surface area contributed by atoms with Crippen LogP contribution in [-0.4, -0.2) is 41.6 Å². The third kappa shape index (κ3) is 4.16. The second-order valence-corrected chi connectivity index (χ2v) is 9.56. The molecule has 4 aromatic rings. The highest BCUT2D eigenvalue weighted by atomic mass is 16.7. The highest BCUT2D eigenvalue weighted by Crippen LogP contribution is 2.47. The van der Waals surface area contributed by atoms with Crippen LogP contribution < -0.4 is 16.0 Å². The van der Waals surface area contributed by atoms with E-state index in [9.17, 15) is 9.59 Å². The van der Waals surface area contributed by atoms with Crippen molar-refractivity contribution in [3.8, 4) is 5.75 Å². The first-order valence-electron chi connectivity index (χ1n) is 12.5. The van der Waals surface area contributed by atoms with Crippen molar-refractivity contribution in [3.05, 3.63) is 134 Å². The zero-order chi connectivity index (χ0) is 26.3. The fourth-order valence-corrected chi connectivity index (χ4v) is 5.26. The number of hydrogen-bond donors (Lipinski definition) is 1. The fourth-order valence-electron chi connectivity index (χ4n) is 5.26. The molecular weight excluding hydrogens is 484 g/mol. The van der Waals surface area contributed by atoms with Crippen LogP contribution in [0.3, 0.4) is 0 Å². The molecule has 1 N–H and O–H groups in total. The van der Waals surface area contributed by atoms with Crippen molar-refractivity contribution >= 4 is 0 Å². The molecule has 0 spiro atoms. The molecule has 1 aromatic heterocycles. The van der Waals surface area contributed by atoms with Gasteiger partial charge in [-0.25, -0.2) is 4.79 Å². The van der Waals surface area contributed by atoms with Gasteiger partial charge in [0.05, 0.1) is 13.7 Å². The first-order valence-corrected chi connectivity index (χ1v) is 12.5. The summed E-state index contributed by atoms with van der Waals surface area (Å²) in [5.41, 5.74) is 1.42. The van der Waals surface area contributed by atoms with Gasteiger partial charge in [-0.2, -0.15) is 0 Å². The SMILES string of the molecule is COc1ccc(C(OC[C@H]2O[C@@H](n3cc(C)c(=O)[nH]c3=O)[C@H]3O[C@H]32)(c2ccccc2)c2ccccc2)cc1. The van der Waals surface area contributed by atoms with Gasteiger partial charge in [-0.05, 0) is 35.7 Å². The summed E-state index contributed by atoms with van der Waals surface area (Å²) < 4.78 is 25.9. The maximum atomic E-state index is 12.5. The molecule has 0 saturated carbocycles. The van der Waals surface area contributed by atoms with Crippen LogP contribution >= 0.6 is 0 Å². The number of benzene rings is 3. The van der Waals surface area contributed by atoms with E-state index in [2.05, 4.69) is 29.2 Å². The Morgan fingerprint density at radius 1 is 0.842 bits per heavy atom. The van der Waals surface area contributed by atoms with E-state index < -0.39 is 29.2 Å². The number of hydrogen-bond acceptors (Lipinski definition) is 6. The normalized spacial score (nSPS) is 22.2. The van der Waals surface area contributed by atoms with E-state index in [-0.39, 0.29) is 18.8 Å². The van der Waals surface area contributed by atoms with E-state index in [4.69, 9.17) is 18.9 Å². The van der Waals surface area contributed by atoms with Gasteiger partial charge in [-0.15, -0.1) is 0 Å². The average Bonchev–Trinajstić information content (AvgIpc) is 3.67. The molecule has 2 aliphatic heterocycles. The van der Waals surface area contributed by atoms with Crippen LogP contribution in [-0.2, 0) is 19.8 Å². The maximum Gasteiger partial charge on any atom is 0.330 e. The zero-order valence-electron chi connectivity index (χ0n) is 21.1. The molecule has 6 rings (SSSR count). The molecule has 2 fully saturated rings. The third-order valence-corrected chi connectivity index (χ3v) is 7.26. The van der Waals surface area contributed by atoms with E-state index in [0.717, 1.165) is 22.4 Å². The number of nitrogens with one attached hydrogen (secondary N) is 1. The van der Waals surface area contributed by atoms with Crippen LogP contribution in [0.4, 0.5) is 0 Å². The number of rotatable bonds is 8. The van der Waals surface area contributed by atoms with Gasteiger partial charge in [0, 0.05) is 11.8 Å². The lowest BCUT2D eigenvalue weighted by atomic mass is 9.80. The summed E-state index contributed by atoms with van der Waals surface area (Å²) in [6, 6.07) is 28.0. The summed E-state index contributed by atoms with van der Waals surface area (Å²) in [5.74, 6) is 0.751. The quantitative estimate of drug-likeness (QED) is 0.287. The molecule has 2 aliphatic rings. The molecule has 8 nitrogen and oxygen atoms in total. The number of aromatic amines is 1. The predicted molar refractivity (Wildman–Crippen MR) is 140 cm³/mol. The van der Waals surface area contributed by atoms with Gasteiger partial charge >= 0.3 is 5.69 Å². The first-order chi connectivity index (χ1) is 18.5. The van der Waals surface area contributed by atoms with E-state index in [0.29, 0.717) is 5.56 Å². The van der Waals surface area contributed by atoms with Crippen LogP contribution in [0.15, 0.2) is 101 Å². The Labute approximate surface area is 219 Å². The van der Waals surface area contributed by atoms with Gasteiger partial charge in [0.1, 0.15) is 29.7 Å². The lowest BCUT2D eigenvalue weighted by molar-refractivity contribution is -0.117. The molecule has 194 valence electrons. The number of ether oxygens (including phenoxy) is 4. The minimum Gasteiger partial charge on any atom is -0.497 e. The van der Waals surface area contributed by atoms with Crippen molar-refractivity contribution in [2.75, 3.05) is 13.7 Å². The molecule has 3 aromatic carbocycles. The molecule has 0 bridgehead atoms. The Kier molecular flexibility index (Phi) is 6.23. The van der Waals surface area contributed by atoms with Crippen LogP contribution in [0.2, 0.25) is 0 Å². The number of aromatic nitrogens is 2. The van der Waals surface area contributed by atoms with Crippen molar-refractivity contribution in [1.82, 2.24) is 9.55 Å². The number of epoxide rings is 1. The Morgan fingerprint density at radius 2 is 1.45 bits per heavy atom. The molecule has 0 unspecified atom stereocenters. The van der Waals surface area contributed by atoms with Gasteiger partial charge in [0.2, 0.25) is 0 Å². The first kappa shape index (κ1) is 24.4. The van der Waals surface area contributed by atoms with Crippen molar-refractivity contribution in [2.24, 2.45) is 0 Å². The van der Waals surface area contributed by atoms with Crippen LogP contribution in [0.1, 0.15) is 28.5 Å². The molecule has 0 radical (unpaired) electrons. The lowest BCUT2D eigenvalue weighted by Gasteiger charge is -2.37. The third-order valence-electron chi connectivity index (χ3n) is 7.26. The van der Waals surface area contributed by atoms with E-state index in [1.807, 2.05) is 60.7 Å². The molecular formula is C30H28N2O6. The number of nitrogens with zero attached hydrogens (tertiary/aromatic N) is 1. The molecule has 2 saturated heterocycles. The summed E-state index contributed by atoms with van der Waals surface area (Å²) >= 11 is 0. The standard InChI is InChI=1S/C30H28N2O6/c1-19-17-32(29(34)31-27(19)33)28-26-25(38-26)24(37-28)18-36-30(20-9-5-3-6-10-20,21-11-7-4-8-12-21)22-13-15-23(35-2)16-14-22/h3-17,24-26,28H,18H2,1-2H3,(H,31,33,34)/t24-,25+,26+,28-/m1/s1. The molecule has 4 atom stereocenters. The molecule has 0 aliphatic carbocycles. The molecule has 38 heavy (non-hydrogen) atoms. The van der Waals surface area contributed by atoms with Crippen molar-refractivity contribution < 1.29 is 18.9 Å². The Hall–Kier alpha value is -3.98. The highest BCUT2D eigenvalue weighted by molar-refractivity contribution is 5.48. The van der Waals surface area contributed by atoms with Crippen molar-refractivity contribution in [1.29, 1.82) is 0 Å². The van der Waals surface area contributed by atoms with Crippen LogP contribution in [0.25, 0.3) is 0 Å². The van der Waals surface area contributed by atoms with Crippen molar-refractivity contribution in [3.63, 3.8) is 0 Å². The summed E-state index contributed by atoms with van der Waals surface area (Å²) in [4.78, 5) is 26.7. The van der Waals surface area contributed by atoms with Gasteiger partial charge in [0.15, 0.2) is 6.23 Å². The monoisotopic (exact) mass is 512 g/mol. The smallest absolute Gasteiger partial charge is 0.330 e. The fraction of sp³-hybridized carbons (Fsp3) is 0.267. The Bertz CT molecular complexity index is 1490. The Balaban J connectivity index is 1.36. The maximum absolute atomic E-state index is 12.5. The highest BCUT2D eigenvalue weighted by Gasteiger charge is 2.59. The number of H-pyrrole nitrogens is 1. The topological polar surface area (TPSA) is 95.1 Å². The second kappa shape index (κ2) is 9.72. The van der Waals surface area contributed by atoms with E-state index in [1.54, 1.807) is 14.0 Å². The molecule has 3 heterocycles. The summed E-state index contributed by atoms with van der Waals surface area (Å²) in [7, 11) is 1.64. The van der Waals surface area contributed by atoms with Gasteiger partial charge in [-0.3, -0.25) is 14.3 Å². The Morgan fingerprint density at radius 3 is 2.05 bits per heavy atom. The van der Waals surface area contributed by atoms with E-state index in [1.165, 1.54) is 10.8 Å². The average molecular weight is 513 g/mol. The lowest BCUT2D eigenvalue weighted by Crippen LogP contribution is -2.38.